The van der Waals surface area contributed by atoms with E-state index in [2.05, 4.69) is 20.3 Å². The normalized spacial score (nSPS) is 10.8. The Morgan fingerprint density at radius 2 is 1.74 bits per heavy atom. The Morgan fingerprint density at radius 1 is 0.971 bits per heavy atom. The molecule has 5 rings (SSSR count). The Labute approximate surface area is 199 Å². The van der Waals surface area contributed by atoms with Crippen molar-refractivity contribution in [3.8, 4) is 28.8 Å². The lowest BCUT2D eigenvalue weighted by Crippen LogP contribution is -2.01. The van der Waals surface area contributed by atoms with Crippen molar-refractivity contribution in [1.29, 1.82) is 5.26 Å². The molecule has 3 heterocycles. The molecule has 0 bridgehead atoms. The first kappa shape index (κ1) is 21.5. The van der Waals surface area contributed by atoms with Gasteiger partial charge >= 0.3 is 0 Å². The van der Waals surface area contributed by atoms with E-state index in [1.165, 1.54) is 23.5 Å². The molecule has 0 aliphatic heterocycles. The molecule has 6 nitrogen and oxygen atoms in total. The van der Waals surface area contributed by atoms with Gasteiger partial charge < -0.3 is 10.1 Å². The van der Waals surface area contributed by atoms with Crippen molar-refractivity contribution in [3.63, 3.8) is 0 Å². The van der Waals surface area contributed by atoms with Crippen LogP contribution < -0.4 is 10.1 Å². The van der Waals surface area contributed by atoms with Crippen LogP contribution in [0.15, 0.2) is 66.2 Å². The third-order valence-electron chi connectivity index (χ3n) is 5.26. The quantitative estimate of drug-likeness (QED) is 0.302. The molecule has 3 aromatic heterocycles. The number of hydrogen-bond acceptors (Lipinski definition) is 7. The number of nitriles is 1. The van der Waals surface area contributed by atoms with Gasteiger partial charge in [0.15, 0.2) is 0 Å². The molecule has 0 aliphatic carbocycles. The SMILES string of the molecule is Cc1cc(-c2ccc(F)cc2)cc(C)c1Oc1nc(Nc2ccc(C#N)nc2)nc2sccc12. The molecule has 0 aliphatic rings. The molecule has 0 unspecified atom stereocenters. The number of nitrogens with one attached hydrogen (secondary N) is 1. The number of ether oxygens (including phenoxy) is 1. The second-order valence-corrected chi connectivity index (χ2v) is 8.60. The molecular formula is C26H18FN5OS. The van der Waals surface area contributed by atoms with E-state index in [-0.39, 0.29) is 5.82 Å². The number of benzene rings is 2. The van der Waals surface area contributed by atoms with Crippen molar-refractivity contribution in [1.82, 2.24) is 15.0 Å². The zero-order valence-electron chi connectivity index (χ0n) is 18.3. The molecule has 5 aromatic rings. The summed E-state index contributed by atoms with van der Waals surface area (Å²) in [6.07, 6.45) is 1.56. The minimum atomic E-state index is -0.262. The van der Waals surface area contributed by atoms with Gasteiger partial charge in [0.2, 0.25) is 11.8 Å². The largest absolute Gasteiger partial charge is 0.438 e. The second-order valence-electron chi connectivity index (χ2n) is 7.71. The monoisotopic (exact) mass is 467 g/mol. The zero-order valence-corrected chi connectivity index (χ0v) is 19.2. The first-order chi connectivity index (χ1) is 16.5. The topological polar surface area (TPSA) is 83.7 Å². The van der Waals surface area contributed by atoms with Gasteiger partial charge in [-0.25, -0.2) is 14.4 Å². The number of fused-ring (bicyclic) bond motifs is 1. The second kappa shape index (κ2) is 8.89. The molecule has 2 aromatic carbocycles. The van der Waals surface area contributed by atoms with Crippen molar-refractivity contribution < 1.29 is 9.13 Å². The number of hydrogen-bond donors (Lipinski definition) is 1. The van der Waals surface area contributed by atoms with E-state index >= 15 is 0 Å². The molecule has 0 radical (unpaired) electrons. The van der Waals surface area contributed by atoms with Crippen molar-refractivity contribution >= 4 is 33.2 Å². The molecule has 0 amide bonds. The number of anilines is 2. The molecule has 0 saturated carbocycles. The predicted octanol–water partition coefficient (Wildman–Crippen LogP) is 6.92. The van der Waals surface area contributed by atoms with Crippen LogP contribution in [0.25, 0.3) is 21.3 Å². The number of aromatic nitrogens is 3. The fourth-order valence-corrected chi connectivity index (χ4v) is 4.40. The summed E-state index contributed by atoms with van der Waals surface area (Å²) in [6.45, 7) is 3.95. The first-order valence-corrected chi connectivity index (χ1v) is 11.3. The van der Waals surface area contributed by atoms with E-state index in [9.17, 15) is 4.39 Å². The van der Waals surface area contributed by atoms with E-state index in [0.29, 0.717) is 29.0 Å². The first-order valence-electron chi connectivity index (χ1n) is 10.4. The molecule has 0 atom stereocenters. The number of nitrogens with zero attached hydrogens (tertiary/aromatic N) is 4. The molecule has 166 valence electrons. The molecule has 0 fully saturated rings. The molecule has 0 spiro atoms. The summed E-state index contributed by atoms with van der Waals surface area (Å²) in [6, 6.07) is 17.8. The lowest BCUT2D eigenvalue weighted by Gasteiger charge is -2.15. The van der Waals surface area contributed by atoms with Gasteiger partial charge in [-0.2, -0.15) is 10.2 Å². The highest BCUT2D eigenvalue weighted by Crippen LogP contribution is 2.37. The van der Waals surface area contributed by atoms with Crippen molar-refractivity contribution in [2.45, 2.75) is 13.8 Å². The van der Waals surface area contributed by atoms with Crippen LogP contribution in [-0.4, -0.2) is 15.0 Å². The minimum absolute atomic E-state index is 0.262. The van der Waals surface area contributed by atoms with Gasteiger partial charge in [0.1, 0.15) is 28.2 Å². The van der Waals surface area contributed by atoms with Crippen LogP contribution in [0.5, 0.6) is 11.6 Å². The summed E-state index contributed by atoms with van der Waals surface area (Å²) < 4.78 is 19.7. The van der Waals surface area contributed by atoms with E-state index in [4.69, 9.17) is 10.00 Å². The summed E-state index contributed by atoms with van der Waals surface area (Å²) in [7, 11) is 0. The molecular weight excluding hydrogens is 449 g/mol. The maximum atomic E-state index is 13.3. The van der Waals surface area contributed by atoms with Crippen molar-refractivity contribution in [2.24, 2.45) is 0 Å². The molecule has 8 heteroatoms. The Kier molecular flexibility index (Phi) is 5.62. The van der Waals surface area contributed by atoms with E-state index in [1.807, 2.05) is 43.5 Å². The van der Waals surface area contributed by atoms with Gasteiger partial charge in [-0.1, -0.05) is 12.1 Å². The summed E-state index contributed by atoms with van der Waals surface area (Å²) >= 11 is 1.49. The third-order valence-corrected chi connectivity index (χ3v) is 6.07. The number of halogens is 1. The van der Waals surface area contributed by atoms with Crippen LogP contribution in [0.1, 0.15) is 16.8 Å². The maximum Gasteiger partial charge on any atom is 0.232 e. The predicted molar refractivity (Wildman–Crippen MR) is 131 cm³/mol. The number of pyridine rings is 1. The van der Waals surface area contributed by atoms with E-state index < -0.39 is 0 Å². The molecule has 1 N–H and O–H groups in total. The van der Waals surface area contributed by atoms with Gasteiger partial charge in [-0.15, -0.1) is 11.3 Å². The molecule has 0 saturated heterocycles. The van der Waals surface area contributed by atoms with Crippen LogP contribution in [-0.2, 0) is 0 Å². The van der Waals surface area contributed by atoms with Gasteiger partial charge in [0.05, 0.1) is 17.3 Å². The Bertz CT molecular complexity index is 1520. The standard InChI is InChI=1S/C26H18FN5OS/c1-15-11-18(17-3-5-19(27)6-4-17)12-16(2)23(15)33-24-22-9-10-34-25(22)32-26(31-24)30-21-8-7-20(13-28)29-14-21/h3-12,14H,1-2H3,(H,30,31,32). The van der Waals surface area contributed by atoms with Crippen LogP contribution in [0.2, 0.25) is 0 Å². The average molecular weight is 468 g/mol. The van der Waals surface area contributed by atoms with E-state index in [0.717, 1.165) is 32.5 Å². The summed E-state index contributed by atoms with van der Waals surface area (Å²) in [5.74, 6) is 1.26. The van der Waals surface area contributed by atoms with Crippen LogP contribution in [0.3, 0.4) is 0 Å². The fourth-order valence-electron chi connectivity index (χ4n) is 3.64. The van der Waals surface area contributed by atoms with Crippen LogP contribution >= 0.6 is 11.3 Å². The van der Waals surface area contributed by atoms with Crippen molar-refractivity contribution in [3.05, 3.63) is 88.8 Å². The van der Waals surface area contributed by atoms with Crippen LogP contribution in [0.4, 0.5) is 16.0 Å². The number of rotatable bonds is 5. The Hall–Kier alpha value is -4.35. The van der Waals surface area contributed by atoms with Gasteiger partial charge in [0.25, 0.3) is 0 Å². The number of thiophene rings is 1. The van der Waals surface area contributed by atoms with E-state index in [1.54, 1.807) is 30.5 Å². The van der Waals surface area contributed by atoms with Gasteiger partial charge in [-0.3, -0.25) is 0 Å². The zero-order chi connectivity index (χ0) is 23.7. The highest BCUT2D eigenvalue weighted by molar-refractivity contribution is 7.16. The Balaban J connectivity index is 1.49. The van der Waals surface area contributed by atoms with Gasteiger partial charge in [-0.05, 0) is 83.9 Å². The fraction of sp³-hybridized carbons (Fsp3) is 0.0769. The maximum absolute atomic E-state index is 13.3. The summed E-state index contributed by atoms with van der Waals surface area (Å²) in [5, 5.41) is 14.8. The summed E-state index contributed by atoms with van der Waals surface area (Å²) in [5.41, 5.74) is 4.79. The Morgan fingerprint density at radius 3 is 2.41 bits per heavy atom. The molecule has 34 heavy (non-hydrogen) atoms. The van der Waals surface area contributed by atoms with Gasteiger partial charge in [0, 0.05) is 0 Å². The van der Waals surface area contributed by atoms with Crippen molar-refractivity contribution in [2.75, 3.05) is 5.32 Å². The lowest BCUT2D eigenvalue weighted by molar-refractivity contribution is 0.462. The third kappa shape index (κ3) is 4.29. The highest BCUT2D eigenvalue weighted by Gasteiger charge is 2.15. The lowest BCUT2D eigenvalue weighted by atomic mass is 10.00. The number of aryl methyl sites for hydroxylation is 2. The average Bonchev–Trinajstić information content (AvgIpc) is 3.31. The smallest absolute Gasteiger partial charge is 0.232 e. The van der Waals surface area contributed by atoms with Crippen LogP contribution in [0, 0.1) is 31.0 Å². The minimum Gasteiger partial charge on any atom is -0.438 e. The highest BCUT2D eigenvalue weighted by atomic mass is 32.1. The summed E-state index contributed by atoms with van der Waals surface area (Å²) in [4.78, 5) is 14.0.